The molecule has 0 aliphatic heterocycles. The van der Waals surface area contributed by atoms with Gasteiger partial charge >= 0.3 is 0 Å². The Morgan fingerprint density at radius 1 is 1.40 bits per heavy atom. The number of hydrogen-bond acceptors (Lipinski definition) is 3. The molecule has 0 aliphatic carbocycles. The number of rotatable bonds is 6. The summed E-state index contributed by atoms with van der Waals surface area (Å²) in [5.74, 6) is -0.383. The molecule has 0 saturated carbocycles. The summed E-state index contributed by atoms with van der Waals surface area (Å²) in [5, 5.41) is 2.70. The second-order valence-corrected chi connectivity index (χ2v) is 5.24. The molecule has 110 valence electrons. The van der Waals surface area contributed by atoms with E-state index in [1.165, 1.54) is 11.8 Å². The number of hydrogen-bond donors (Lipinski definition) is 1. The fourth-order valence-corrected chi connectivity index (χ4v) is 1.92. The van der Waals surface area contributed by atoms with Crippen LogP contribution in [0.3, 0.4) is 0 Å². The highest BCUT2D eigenvalue weighted by Crippen LogP contribution is 2.23. The van der Waals surface area contributed by atoms with Gasteiger partial charge in [0.05, 0.1) is 6.61 Å². The number of carbonyl (C=O) groups excluding carboxylic acids is 2. The van der Waals surface area contributed by atoms with Gasteiger partial charge in [-0.1, -0.05) is 15.9 Å². The number of nitrogens with one attached hydrogen (secondary N) is 1. The predicted octanol–water partition coefficient (Wildman–Crippen LogP) is 1.87. The van der Waals surface area contributed by atoms with Crippen molar-refractivity contribution >= 4 is 33.4 Å². The van der Waals surface area contributed by atoms with Crippen molar-refractivity contribution in [1.82, 2.24) is 5.32 Å². The molecule has 0 heterocycles. The predicted molar refractivity (Wildman–Crippen MR) is 81.8 cm³/mol. The lowest BCUT2D eigenvalue weighted by atomic mass is 10.2. The number of ether oxygens (including phenoxy) is 1. The maximum Gasteiger partial charge on any atom is 0.240 e. The third-order valence-electron chi connectivity index (χ3n) is 2.76. The van der Waals surface area contributed by atoms with Crippen LogP contribution in [0, 0.1) is 6.92 Å². The van der Waals surface area contributed by atoms with Gasteiger partial charge in [-0.15, -0.1) is 0 Å². The van der Waals surface area contributed by atoms with E-state index >= 15 is 0 Å². The van der Waals surface area contributed by atoms with Gasteiger partial charge in [-0.05, 0) is 30.7 Å². The molecule has 2 amide bonds. The molecule has 5 nitrogen and oxygen atoms in total. The molecule has 0 aliphatic rings. The molecule has 20 heavy (non-hydrogen) atoms. The van der Waals surface area contributed by atoms with Crippen LogP contribution >= 0.6 is 15.9 Å². The van der Waals surface area contributed by atoms with Crippen LogP contribution in [0.4, 0.5) is 5.69 Å². The molecule has 0 unspecified atom stereocenters. The van der Waals surface area contributed by atoms with Gasteiger partial charge in [0.2, 0.25) is 11.8 Å². The molecule has 1 rings (SSSR count). The zero-order chi connectivity index (χ0) is 15.1. The minimum atomic E-state index is -0.210. The fourth-order valence-electron chi connectivity index (χ4n) is 1.67. The van der Waals surface area contributed by atoms with Crippen LogP contribution in [0.15, 0.2) is 22.7 Å². The average molecular weight is 343 g/mol. The summed E-state index contributed by atoms with van der Waals surface area (Å²) in [6, 6.07) is 5.54. The van der Waals surface area contributed by atoms with Crippen LogP contribution in [-0.4, -0.2) is 38.6 Å². The SMILES string of the molecule is COCCNC(=O)CN(C(C)=O)c1ccc(Br)c(C)c1. The Labute approximate surface area is 127 Å². The Bertz CT molecular complexity index is 491. The molecular formula is C14H19BrN2O3. The highest BCUT2D eigenvalue weighted by atomic mass is 79.9. The number of nitrogens with zero attached hydrogens (tertiary/aromatic N) is 1. The zero-order valence-electron chi connectivity index (χ0n) is 11.9. The summed E-state index contributed by atoms with van der Waals surface area (Å²) in [5.41, 5.74) is 1.72. The van der Waals surface area contributed by atoms with Gasteiger partial charge in [0.25, 0.3) is 0 Å². The van der Waals surface area contributed by atoms with Crippen molar-refractivity contribution in [2.45, 2.75) is 13.8 Å². The van der Waals surface area contributed by atoms with Crippen molar-refractivity contribution in [1.29, 1.82) is 0 Å². The summed E-state index contributed by atoms with van der Waals surface area (Å²) in [4.78, 5) is 24.9. The van der Waals surface area contributed by atoms with Crippen LogP contribution in [0.25, 0.3) is 0 Å². The summed E-state index contributed by atoms with van der Waals surface area (Å²) in [6.07, 6.45) is 0. The van der Waals surface area contributed by atoms with E-state index in [1.807, 2.05) is 19.1 Å². The van der Waals surface area contributed by atoms with E-state index in [9.17, 15) is 9.59 Å². The molecule has 0 fully saturated rings. The molecule has 1 N–H and O–H groups in total. The molecule has 0 atom stereocenters. The van der Waals surface area contributed by atoms with Crippen LogP contribution in [0.5, 0.6) is 0 Å². The number of amides is 2. The lowest BCUT2D eigenvalue weighted by Gasteiger charge is -2.21. The lowest BCUT2D eigenvalue weighted by Crippen LogP contribution is -2.40. The van der Waals surface area contributed by atoms with Crippen molar-refractivity contribution in [2.24, 2.45) is 0 Å². The number of benzene rings is 1. The van der Waals surface area contributed by atoms with Crippen LogP contribution in [0.2, 0.25) is 0 Å². The fraction of sp³-hybridized carbons (Fsp3) is 0.429. The second-order valence-electron chi connectivity index (χ2n) is 4.38. The number of halogens is 1. The minimum absolute atomic E-state index is 0.000119. The van der Waals surface area contributed by atoms with Crippen molar-refractivity contribution in [3.8, 4) is 0 Å². The van der Waals surface area contributed by atoms with Crippen LogP contribution in [-0.2, 0) is 14.3 Å². The first-order valence-corrected chi connectivity index (χ1v) is 7.05. The zero-order valence-corrected chi connectivity index (χ0v) is 13.5. The first kappa shape index (κ1) is 16.7. The highest BCUT2D eigenvalue weighted by Gasteiger charge is 2.16. The van der Waals surface area contributed by atoms with E-state index in [-0.39, 0.29) is 18.4 Å². The maximum atomic E-state index is 11.8. The molecule has 0 bridgehead atoms. The van der Waals surface area contributed by atoms with Crippen LogP contribution in [0.1, 0.15) is 12.5 Å². The Balaban J connectivity index is 2.76. The van der Waals surface area contributed by atoms with Gasteiger partial charge in [-0.2, -0.15) is 0 Å². The van der Waals surface area contributed by atoms with Crippen molar-refractivity contribution < 1.29 is 14.3 Å². The normalized spacial score (nSPS) is 10.2. The second kappa shape index (κ2) is 8.01. The largest absolute Gasteiger partial charge is 0.383 e. The summed E-state index contributed by atoms with van der Waals surface area (Å²) >= 11 is 3.41. The van der Waals surface area contributed by atoms with Gasteiger partial charge in [0.1, 0.15) is 6.54 Å². The van der Waals surface area contributed by atoms with Crippen LogP contribution < -0.4 is 10.2 Å². The smallest absolute Gasteiger partial charge is 0.240 e. The highest BCUT2D eigenvalue weighted by molar-refractivity contribution is 9.10. The Morgan fingerprint density at radius 2 is 2.10 bits per heavy atom. The van der Waals surface area contributed by atoms with E-state index in [0.717, 1.165) is 10.0 Å². The molecule has 1 aromatic carbocycles. The molecule has 0 spiro atoms. The van der Waals surface area contributed by atoms with Gasteiger partial charge < -0.3 is 15.0 Å². The topological polar surface area (TPSA) is 58.6 Å². The van der Waals surface area contributed by atoms with Gasteiger partial charge in [-0.25, -0.2) is 0 Å². The average Bonchev–Trinajstić information content (AvgIpc) is 2.39. The number of anilines is 1. The molecule has 0 radical (unpaired) electrons. The van der Waals surface area contributed by atoms with E-state index in [0.29, 0.717) is 18.8 Å². The quantitative estimate of drug-likeness (QED) is 0.803. The molecule has 6 heteroatoms. The lowest BCUT2D eigenvalue weighted by molar-refractivity contribution is -0.123. The monoisotopic (exact) mass is 342 g/mol. The van der Waals surface area contributed by atoms with E-state index in [4.69, 9.17) is 4.74 Å². The maximum absolute atomic E-state index is 11.8. The van der Waals surface area contributed by atoms with Crippen molar-refractivity contribution in [2.75, 3.05) is 31.7 Å². The number of methoxy groups -OCH3 is 1. The number of carbonyl (C=O) groups is 2. The Morgan fingerprint density at radius 3 is 2.65 bits per heavy atom. The van der Waals surface area contributed by atoms with E-state index in [2.05, 4.69) is 21.2 Å². The van der Waals surface area contributed by atoms with E-state index < -0.39 is 0 Å². The summed E-state index contributed by atoms with van der Waals surface area (Å²) in [6.45, 7) is 4.26. The van der Waals surface area contributed by atoms with Gasteiger partial charge in [-0.3, -0.25) is 9.59 Å². The molecule has 0 aromatic heterocycles. The first-order chi connectivity index (χ1) is 9.45. The number of aryl methyl sites for hydroxylation is 1. The minimum Gasteiger partial charge on any atom is -0.383 e. The standard InChI is InChI=1S/C14H19BrN2O3/c1-10-8-12(4-5-13(10)15)17(11(2)18)9-14(19)16-6-7-20-3/h4-5,8H,6-7,9H2,1-3H3,(H,16,19). The Kier molecular flexibility index (Phi) is 6.67. The molecular weight excluding hydrogens is 324 g/mol. The van der Waals surface area contributed by atoms with Gasteiger partial charge in [0, 0.05) is 30.7 Å². The first-order valence-electron chi connectivity index (χ1n) is 6.25. The summed E-state index contributed by atoms with van der Waals surface area (Å²) < 4.78 is 5.82. The van der Waals surface area contributed by atoms with Crippen molar-refractivity contribution in [3.05, 3.63) is 28.2 Å². The van der Waals surface area contributed by atoms with Gasteiger partial charge in [0.15, 0.2) is 0 Å². The van der Waals surface area contributed by atoms with E-state index in [1.54, 1.807) is 13.2 Å². The third-order valence-corrected chi connectivity index (χ3v) is 3.65. The third kappa shape index (κ3) is 4.94. The Hall–Kier alpha value is -1.40. The molecule has 1 aromatic rings. The van der Waals surface area contributed by atoms with Crippen molar-refractivity contribution in [3.63, 3.8) is 0 Å². The molecule has 0 saturated heterocycles. The summed E-state index contributed by atoms with van der Waals surface area (Å²) in [7, 11) is 1.57.